The van der Waals surface area contributed by atoms with Gasteiger partial charge in [0.25, 0.3) is 0 Å². The van der Waals surface area contributed by atoms with Gasteiger partial charge < -0.3 is 10.1 Å². The maximum absolute atomic E-state index is 5.81. The van der Waals surface area contributed by atoms with Gasteiger partial charge in [0.15, 0.2) is 0 Å². The molecule has 0 bridgehead atoms. The molecule has 1 aromatic heterocycles. The highest BCUT2D eigenvalue weighted by molar-refractivity contribution is 5.38. The summed E-state index contributed by atoms with van der Waals surface area (Å²) in [6.45, 7) is 11.2. The van der Waals surface area contributed by atoms with Crippen LogP contribution in [-0.2, 0) is 0 Å². The Labute approximate surface area is 121 Å². The average molecular weight is 278 g/mol. The van der Waals surface area contributed by atoms with E-state index in [-0.39, 0.29) is 0 Å². The van der Waals surface area contributed by atoms with Crippen molar-refractivity contribution in [1.82, 2.24) is 14.9 Å². The lowest BCUT2D eigenvalue weighted by Crippen LogP contribution is -2.25. The molecular weight excluding hydrogens is 252 g/mol. The lowest BCUT2D eigenvalue weighted by atomic mass is 10.2. The third-order valence-electron chi connectivity index (χ3n) is 3.45. The third-order valence-corrected chi connectivity index (χ3v) is 3.45. The van der Waals surface area contributed by atoms with Crippen molar-refractivity contribution >= 4 is 5.82 Å². The second kappa shape index (κ2) is 7.43. The van der Waals surface area contributed by atoms with Crippen molar-refractivity contribution in [1.29, 1.82) is 0 Å². The van der Waals surface area contributed by atoms with E-state index in [1.54, 1.807) is 0 Å². The molecule has 1 saturated heterocycles. The van der Waals surface area contributed by atoms with Crippen LogP contribution in [0, 0.1) is 0 Å². The van der Waals surface area contributed by atoms with E-state index in [0.29, 0.717) is 18.4 Å². The van der Waals surface area contributed by atoms with Crippen molar-refractivity contribution < 1.29 is 4.74 Å². The quantitative estimate of drug-likeness (QED) is 0.830. The van der Waals surface area contributed by atoms with Crippen molar-refractivity contribution in [3.8, 4) is 5.88 Å². The van der Waals surface area contributed by atoms with Gasteiger partial charge in [0.2, 0.25) is 5.88 Å². The first-order valence-corrected chi connectivity index (χ1v) is 7.67. The molecule has 1 N–H and O–H groups in total. The Morgan fingerprint density at radius 1 is 1.30 bits per heavy atom. The van der Waals surface area contributed by atoms with Crippen LogP contribution in [0.5, 0.6) is 5.88 Å². The van der Waals surface area contributed by atoms with Crippen molar-refractivity contribution in [2.24, 2.45) is 0 Å². The van der Waals surface area contributed by atoms with Gasteiger partial charge in [-0.05, 0) is 32.9 Å². The minimum absolute atomic E-state index is 0.300. The first-order chi connectivity index (χ1) is 9.69. The van der Waals surface area contributed by atoms with Crippen LogP contribution in [0.4, 0.5) is 5.82 Å². The fourth-order valence-corrected chi connectivity index (χ4v) is 2.33. The molecule has 1 fully saturated rings. The molecule has 0 atom stereocenters. The Hall–Kier alpha value is -1.36. The molecule has 0 aliphatic carbocycles. The molecule has 0 unspecified atom stereocenters. The second-order valence-corrected chi connectivity index (χ2v) is 5.53. The fraction of sp³-hybridized carbons (Fsp3) is 0.733. The first-order valence-electron chi connectivity index (χ1n) is 7.67. The summed E-state index contributed by atoms with van der Waals surface area (Å²) in [4.78, 5) is 11.4. The van der Waals surface area contributed by atoms with Crippen LogP contribution in [0.15, 0.2) is 6.07 Å². The largest absolute Gasteiger partial charge is 0.476 e. The molecule has 5 heteroatoms. The smallest absolute Gasteiger partial charge is 0.218 e. The number of likely N-dealkylation sites (tertiary alicyclic amines) is 1. The van der Waals surface area contributed by atoms with E-state index < -0.39 is 0 Å². The van der Waals surface area contributed by atoms with Gasteiger partial charge in [-0.3, -0.25) is 4.90 Å². The van der Waals surface area contributed by atoms with Gasteiger partial charge in [0.1, 0.15) is 18.2 Å². The zero-order valence-electron chi connectivity index (χ0n) is 12.9. The van der Waals surface area contributed by atoms with Crippen LogP contribution in [0.3, 0.4) is 0 Å². The number of aromatic nitrogens is 2. The zero-order chi connectivity index (χ0) is 14.4. The lowest BCUT2D eigenvalue weighted by Gasteiger charge is -2.15. The van der Waals surface area contributed by atoms with E-state index in [1.165, 1.54) is 25.9 Å². The monoisotopic (exact) mass is 278 g/mol. The Morgan fingerprint density at radius 3 is 2.70 bits per heavy atom. The molecule has 0 saturated carbocycles. The van der Waals surface area contributed by atoms with Gasteiger partial charge in [0.05, 0.1) is 0 Å². The number of anilines is 1. The second-order valence-electron chi connectivity index (χ2n) is 5.53. The van der Waals surface area contributed by atoms with Gasteiger partial charge in [-0.2, -0.15) is 4.98 Å². The number of nitrogens with one attached hydrogen (secondary N) is 1. The minimum atomic E-state index is 0.300. The summed E-state index contributed by atoms with van der Waals surface area (Å²) < 4.78 is 5.81. The predicted octanol–water partition coefficient (Wildman–Crippen LogP) is 2.51. The molecule has 2 heterocycles. The molecule has 112 valence electrons. The van der Waals surface area contributed by atoms with Gasteiger partial charge in [0, 0.05) is 25.1 Å². The standard InChI is InChI=1S/C15H26N4O/c1-4-16-13-11-14(18-15(17-13)12(2)3)20-10-9-19-7-5-6-8-19/h11-12H,4-10H2,1-3H3,(H,16,17,18). The summed E-state index contributed by atoms with van der Waals surface area (Å²) in [5.74, 6) is 2.66. The highest BCUT2D eigenvalue weighted by atomic mass is 16.5. The molecule has 1 aromatic rings. The molecule has 0 amide bonds. The van der Waals surface area contributed by atoms with Crippen LogP contribution in [-0.4, -0.2) is 47.7 Å². The molecule has 1 aliphatic heterocycles. The Bertz CT molecular complexity index is 416. The number of hydrogen-bond acceptors (Lipinski definition) is 5. The Kier molecular flexibility index (Phi) is 5.59. The van der Waals surface area contributed by atoms with E-state index >= 15 is 0 Å². The van der Waals surface area contributed by atoms with Crippen LogP contribution in [0.1, 0.15) is 45.4 Å². The summed E-state index contributed by atoms with van der Waals surface area (Å²) in [6.07, 6.45) is 2.63. The van der Waals surface area contributed by atoms with Crippen molar-refractivity contribution in [3.05, 3.63) is 11.9 Å². The van der Waals surface area contributed by atoms with Crippen LogP contribution >= 0.6 is 0 Å². The Balaban J connectivity index is 1.94. The maximum Gasteiger partial charge on any atom is 0.218 e. The molecule has 0 radical (unpaired) electrons. The number of hydrogen-bond donors (Lipinski definition) is 1. The topological polar surface area (TPSA) is 50.3 Å². The summed E-state index contributed by atoms with van der Waals surface area (Å²) >= 11 is 0. The van der Waals surface area contributed by atoms with Crippen LogP contribution in [0.2, 0.25) is 0 Å². The SMILES string of the molecule is CCNc1cc(OCCN2CCCC2)nc(C(C)C)n1. The number of ether oxygens (including phenoxy) is 1. The van der Waals surface area contributed by atoms with Gasteiger partial charge in [-0.15, -0.1) is 0 Å². The molecule has 0 aromatic carbocycles. The highest BCUT2D eigenvalue weighted by Crippen LogP contribution is 2.18. The van der Waals surface area contributed by atoms with Gasteiger partial charge in [-0.25, -0.2) is 4.98 Å². The molecule has 0 spiro atoms. The van der Waals surface area contributed by atoms with Crippen molar-refractivity contribution in [2.45, 2.75) is 39.5 Å². The lowest BCUT2D eigenvalue weighted by molar-refractivity contribution is 0.231. The summed E-state index contributed by atoms with van der Waals surface area (Å²) in [6, 6.07) is 1.89. The van der Waals surface area contributed by atoms with E-state index in [2.05, 4.69) is 41.0 Å². The van der Waals surface area contributed by atoms with Gasteiger partial charge in [-0.1, -0.05) is 13.8 Å². The number of nitrogens with zero attached hydrogens (tertiary/aromatic N) is 3. The zero-order valence-corrected chi connectivity index (χ0v) is 12.9. The molecule has 5 nitrogen and oxygen atoms in total. The normalized spacial score (nSPS) is 15.8. The van der Waals surface area contributed by atoms with E-state index in [4.69, 9.17) is 4.74 Å². The summed E-state index contributed by atoms with van der Waals surface area (Å²) in [5.41, 5.74) is 0. The summed E-state index contributed by atoms with van der Waals surface area (Å²) in [5, 5.41) is 3.23. The fourth-order valence-electron chi connectivity index (χ4n) is 2.33. The molecular formula is C15H26N4O. The first kappa shape index (κ1) is 15.0. The number of rotatable bonds is 7. The van der Waals surface area contributed by atoms with E-state index in [1.807, 2.05) is 6.07 Å². The molecule has 1 aliphatic rings. The molecule has 20 heavy (non-hydrogen) atoms. The third kappa shape index (κ3) is 4.34. The minimum Gasteiger partial charge on any atom is -0.476 e. The highest BCUT2D eigenvalue weighted by Gasteiger charge is 2.12. The van der Waals surface area contributed by atoms with Crippen LogP contribution in [0.25, 0.3) is 0 Å². The summed E-state index contributed by atoms with van der Waals surface area (Å²) in [7, 11) is 0. The maximum atomic E-state index is 5.81. The van der Waals surface area contributed by atoms with Crippen LogP contribution < -0.4 is 10.1 Å². The predicted molar refractivity (Wildman–Crippen MR) is 81.5 cm³/mol. The average Bonchev–Trinajstić information content (AvgIpc) is 2.92. The van der Waals surface area contributed by atoms with Crippen molar-refractivity contribution in [3.63, 3.8) is 0 Å². The van der Waals surface area contributed by atoms with E-state index in [9.17, 15) is 0 Å². The Morgan fingerprint density at radius 2 is 2.05 bits per heavy atom. The van der Waals surface area contributed by atoms with E-state index in [0.717, 1.165) is 24.7 Å². The van der Waals surface area contributed by atoms with Crippen molar-refractivity contribution in [2.75, 3.05) is 38.1 Å². The molecule has 2 rings (SSSR count). The van der Waals surface area contributed by atoms with Gasteiger partial charge >= 0.3 is 0 Å².